The molecule has 1 aromatic carbocycles. The van der Waals surface area contributed by atoms with Gasteiger partial charge < -0.3 is 14.8 Å². The van der Waals surface area contributed by atoms with Crippen LogP contribution in [0.2, 0.25) is 0 Å². The summed E-state index contributed by atoms with van der Waals surface area (Å²) in [7, 11) is 1.44. The van der Waals surface area contributed by atoms with Crippen LogP contribution in [0.25, 0.3) is 6.08 Å². The number of halogens is 1. The smallest absolute Gasteiger partial charge is 0.326 e. The third kappa shape index (κ3) is 3.51. The van der Waals surface area contributed by atoms with E-state index in [0.29, 0.717) is 20.6 Å². The molecule has 7 nitrogen and oxygen atoms in total. The van der Waals surface area contributed by atoms with Gasteiger partial charge >= 0.3 is 12.0 Å². The molecule has 2 N–H and O–H groups in total. The van der Waals surface area contributed by atoms with Crippen LogP contribution in [0.3, 0.4) is 0 Å². The molecule has 1 fully saturated rings. The second kappa shape index (κ2) is 6.12. The van der Waals surface area contributed by atoms with Crippen LogP contribution in [-0.2, 0) is 9.59 Å². The molecule has 0 aliphatic carbocycles. The van der Waals surface area contributed by atoms with Crippen LogP contribution in [0.1, 0.15) is 12.5 Å². The summed E-state index contributed by atoms with van der Waals surface area (Å²) in [5.74, 6) is -0.292. The molecule has 21 heavy (non-hydrogen) atoms. The summed E-state index contributed by atoms with van der Waals surface area (Å²) in [6, 6.07) is 2.74. The number of amides is 3. The fourth-order valence-electron chi connectivity index (χ4n) is 1.71. The molecular weight excluding hydrogens is 391 g/mol. The lowest BCUT2D eigenvalue weighted by Crippen LogP contribution is -2.22. The van der Waals surface area contributed by atoms with E-state index < -0.39 is 17.9 Å². The van der Waals surface area contributed by atoms with E-state index in [0.717, 1.165) is 0 Å². The van der Waals surface area contributed by atoms with Gasteiger partial charge in [-0.05, 0) is 46.4 Å². The van der Waals surface area contributed by atoms with E-state index in [-0.39, 0.29) is 5.70 Å². The summed E-state index contributed by atoms with van der Waals surface area (Å²) in [4.78, 5) is 33.6. The van der Waals surface area contributed by atoms with Gasteiger partial charge in [-0.25, -0.2) is 4.79 Å². The predicted molar refractivity (Wildman–Crippen MR) is 81.7 cm³/mol. The van der Waals surface area contributed by atoms with Gasteiger partial charge in [-0.1, -0.05) is 0 Å². The Morgan fingerprint density at radius 1 is 1.29 bits per heavy atom. The van der Waals surface area contributed by atoms with Crippen molar-refractivity contribution in [1.82, 2.24) is 10.6 Å². The second-order valence-electron chi connectivity index (χ2n) is 4.09. The van der Waals surface area contributed by atoms with Gasteiger partial charge in [-0.3, -0.25) is 14.9 Å². The molecule has 1 aliphatic heterocycles. The lowest BCUT2D eigenvalue weighted by atomic mass is 10.1. The fourth-order valence-corrected chi connectivity index (χ4v) is 2.45. The number of esters is 1. The summed E-state index contributed by atoms with van der Waals surface area (Å²) < 4.78 is 10.9. The highest BCUT2D eigenvalue weighted by Gasteiger charge is 2.23. The number of nitrogens with one attached hydrogen (secondary N) is 2. The maximum Gasteiger partial charge on any atom is 0.326 e. The zero-order chi connectivity index (χ0) is 15.6. The van der Waals surface area contributed by atoms with E-state index in [1.165, 1.54) is 20.1 Å². The molecule has 1 saturated heterocycles. The van der Waals surface area contributed by atoms with Crippen molar-refractivity contribution in [1.29, 1.82) is 0 Å². The van der Waals surface area contributed by atoms with Crippen LogP contribution < -0.4 is 20.1 Å². The number of carbonyl (C=O) groups is 3. The zero-order valence-corrected chi connectivity index (χ0v) is 13.3. The number of methoxy groups -OCH3 is 1. The Morgan fingerprint density at radius 2 is 2.00 bits per heavy atom. The van der Waals surface area contributed by atoms with E-state index >= 15 is 0 Å². The standard InChI is InChI=1S/C13H11IN2O5/c1-6(17)21-11-8(14)3-7(5-10(11)20-2)4-9-12(18)16-13(19)15-9/h3-5H,1-2H3,(H2,15,16,18,19)/b9-4-. The third-order valence-corrected chi connectivity index (χ3v) is 3.33. The number of hydrogen-bond donors (Lipinski definition) is 2. The molecule has 3 amide bonds. The number of hydrogen-bond acceptors (Lipinski definition) is 5. The van der Waals surface area contributed by atoms with Crippen LogP contribution in [0.4, 0.5) is 4.79 Å². The Kier molecular flexibility index (Phi) is 4.46. The van der Waals surface area contributed by atoms with Gasteiger partial charge in [0.05, 0.1) is 10.7 Å². The topological polar surface area (TPSA) is 93.7 Å². The van der Waals surface area contributed by atoms with E-state index in [1.807, 2.05) is 22.6 Å². The minimum absolute atomic E-state index is 0.137. The minimum Gasteiger partial charge on any atom is -0.493 e. The third-order valence-electron chi connectivity index (χ3n) is 2.53. The van der Waals surface area contributed by atoms with Gasteiger partial charge in [-0.2, -0.15) is 0 Å². The van der Waals surface area contributed by atoms with Gasteiger partial charge in [-0.15, -0.1) is 0 Å². The first-order chi connectivity index (χ1) is 9.90. The highest BCUT2D eigenvalue weighted by atomic mass is 127. The lowest BCUT2D eigenvalue weighted by Gasteiger charge is -2.11. The van der Waals surface area contributed by atoms with Crippen LogP contribution in [0.5, 0.6) is 11.5 Å². The van der Waals surface area contributed by atoms with Crippen LogP contribution in [0.15, 0.2) is 17.8 Å². The first-order valence-electron chi connectivity index (χ1n) is 5.80. The Hall–Kier alpha value is -2.10. The van der Waals surface area contributed by atoms with Crippen LogP contribution in [0, 0.1) is 3.57 Å². The first kappa shape index (κ1) is 15.3. The molecule has 8 heteroatoms. The predicted octanol–water partition coefficient (Wildman–Crippen LogP) is 1.41. The normalized spacial score (nSPS) is 15.7. The molecule has 1 aromatic rings. The van der Waals surface area contributed by atoms with Gasteiger partial charge in [0.2, 0.25) is 0 Å². The fraction of sp³-hybridized carbons (Fsp3) is 0.154. The quantitative estimate of drug-likeness (QED) is 0.262. The largest absolute Gasteiger partial charge is 0.493 e. The number of urea groups is 1. The Labute approximate surface area is 133 Å². The molecule has 1 heterocycles. The van der Waals surface area contributed by atoms with Crippen molar-refractivity contribution in [3.05, 3.63) is 27.0 Å². The average Bonchev–Trinajstić information content (AvgIpc) is 2.70. The van der Waals surface area contributed by atoms with Gasteiger partial charge in [0.25, 0.3) is 5.91 Å². The molecule has 110 valence electrons. The minimum atomic E-state index is -0.565. The van der Waals surface area contributed by atoms with Crippen molar-refractivity contribution in [3.8, 4) is 11.5 Å². The molecule has 0 radical (unpaired) electrons. The number of carbonyl (C=O) groups excluding carboxylic acids is 3. The number of rotatable bonds is 3. The van der Waals surface area contributed by atoms with E-state index in [9.17, 15) is 14.4 Å². The van der Waals surface area contributed by atoms with E-state index in [1.54, 1.807) is 12.1 Å². The average molecular weight is 402 g/mol. The maximum atomic E-state index is 11.5. The van der Waals surface area contributed by atoms with Crippen molar-refractivity contribution in [2.45, 2.75) is 6.92 Å². The maximum absolute atomic E-state index is 11.5. The van der Waals surface area contributed by atoms with Gasteiger partial charge in [0, 0.05) is 6.92 Å². The Morgan fingerprint density at radius 3 is 2.52 bits per heavy atom. The molecule has 2 rings (SSSR count). The molecule has 0 aromatic heterocycles. The molecule has 0 unspecified atom stereocenters. The summed E-state index contributed by atoms with van der Waals surface area (Å²) >= 11 is 1.99. The molecule has 0 saturated carbocycles. The summed E-state index contributed by atoms with van der Waals surface area (Å²) in [6.07, 6.45) is 1.50. The molecule has 0 bridgehead atoms. The van der Waals surface area contributed by atoms with Crippen molar-refractivity contribution >= 4 is 46.6 Å². The van der Waals surface area contributed by atoms with Crippen molar-refractivity contribution in [2.75, 3.05) is 7.11 Å². The van der Waals surface area contributed by atoms with E-state index in [2.05, 4.69) is 10.6 Å². The van der Waals surface area contributed by atoms with Crippen molar-refractivity contribution in [3.63, 3.8) is 0 Å². The lowest BCUT2D eigenvalue weighted by molar-refractivity contribution is -0.132. The highest BCUT2D eigenvalue weighted by molar-refractivity contribution is 14.1. The number of benzene rings is 1. The van der Waals surface area contributed by atoms with E-state index in [4.69, 9.17) is 9.47 Å². The molecule has 1 aliphatic rings. The van der Waals surface area contributed by atoms with Gasteiger partial charge in [0.15, 0.2) is 11.5 Å². The SMILES string of the molecule is COc1cc(/C=C2\NC(=O)NC2=O)cc(I)c1OC(C)=O. The molecule has 0 spiro atoms. The van der Waals surface area contributed by atoms with Crippen LogP contribution >= 0.6 is 22.6 Å². The van der Waals surface area contributed by atoms with Crippen LogP contribution in [-0.4, -0.2) is 25.0 Å². The highest BCUT2D eigenvalue weighted by Crippen LogP contribution is 2.34. The monoisotopic (exact) mass is 402 g/mol. The summed E-state index contributed by atoms with van der Waals surface area (Å²) in [5.41, 5.74) is 0.762. The zero-order valence-electron chi connectivity index (χ0n) is 11.2. The van der Waals surface area contributed by atoms with Crippen molar-refractivity contribution in [2.24, 2.45) is 0 Å². The van der Waals surface area contributed by atoms with Gasteiger partial charge in [0.1, 0.15) is 5.70 Å². The Bertz CT molecular complexity index is 669. The number of imide groups is 1. The van der Waals surface area contributed by atoms with Crippen molar-refractivity contribution < 1.29 is 23.9 Å². The first-order valence-corrected chi connectivity index (χ1v) is 6.88. The Balaban J connectivity index is 2.41. The molecule has 0 atom stereocenters. The molecular formula is C13H11IN2O5. The summed E-state index contributed by atoms with van der Waals surface area (Å²) in [6.45, 7) is 1.30. The number of ether oxygens (including phenoxy) is 2. The summed E-state index contributed by atoms with van der Waals surface area (Å²) in [5, 5.41) is 4.50. The second-order valence-corrected chi connectivity index (χ2v) is 5.26.